The Morgan fingerprint density at radius 1 is 1.10 bits per heavy atom. The van der Waals surface area contributed by atoms with E-state index >= 15 is 0 Å². The van der Waals surface area contributed by atoms with Crippen LogP contribution in [-0.4, -0.2) is 37.4 Å². The van der Waals surface area contributed by atoms with Crippen molar-refractivity contribution in [3.8, 4) is 27.7 Å². The fourth-order valence-electron chi connectivity index (χ4n) is 1.96. The molecule has 0 spiro atoms. The number of nitrogens with zero attached hydrogens (tertiary/aromatic N) is 1. The highest BCUT2D eigenvalue weighted by Gasteiger charge is 2.22. The minimum Gasteiger partial charge on any atom is -0.496 e. The summed E-state index contributed by atoms with van der Waals surface area (Å²) in [5, 5.41) is 9.94. The molecule has 1 N–H and O–H groups in total. The lowest BCUT2D eigenvalue weighted by atomic mass is 10.1. The van der Waals surface area contributed by atoms with Gasteiger partial charge >= 0.3 is 5.97 Å². The summed E-state index contributed by atoms with van der Waals surface area (Å²) in [5.74, 6) is 0.428. The number of methoxy groups -OCH3 is 3. The molecule has 1 heterocycles. The molecular formula is C14H15NO5S. The van der Waals surface area contributed by atoms with Gasteiger partial charge in [0.15, 0.2) is 17.2 Å². The minimum atomic E-state index is -1.08. The number of carboxylic acid groups (broad SMARTS) is 1. The third-order valence-electron chi connectivity index (χ3n) is 2.89. The molecule has 0 radical (unpaired) electrons. The van der Waals surface area contributed by atoms with Crippen LogP contribution in [0.4, 0.5) is 0 Å². The third kappa shape index (κ3) is 2.78. The van der Waals surface area contributed by atoms with Gasteiger partial charge in [-0.2, -0.15) is 0 Å². The van der Waals surface area contributed by atoms with Gasteiger partial charge in [-0.05, 0) is 13.0 Å². The summed E-state index contributed by atoms with van der Waals surface area (Å²) in [6.07, 6.45) is 0. The number of aromatic carboxylic acids is 1. The van der Waals surface area contributed by atoms with E-state index in [1.54, 1.807) is 19.1 Å². The molecule has 0 saturated carbocycles. The molecule has 6 nitrogen and oxygen atoms in total. The van der Waals surface area contributed by atoms with Crippen molar-refractivity contribution in [3.63, 3.8) is 0 Å². The highest BCUT2D eigenvalue weighted by Crippen LogP contribution is 2.43. The average Bonchev–Trinajstić information content (AvgIpc) is 2.87. The summed E-state index contributed by atoms with van der Waals surface area (Å²) in [6, 6.07) is 3.35. The fourth-order valence-corrected chi connectivity index (χ4v) is 2.89. The summed E-state index contributed by atoms with van der Waals surface area (Å²) in [5.41, 5.74) is 0.612. The van der Waals surface area contributed by atoms with Crippen molar-refractivity contribution in [2.45, 2.75) is 6.92 Å². The van der Waals surface area contributed by atoms with Crippen molar-refractivity contribution in [2.24, 2.45) is 0 Å². The number of hydrogen-bond acceptors (Lipinski definition) is 6. The zero-order valence-corrected chi connectivity index (χ0v) is 12.9. The molecule has 0 aliphatic heterocycles. The molecular weight excluding hydrogens is 294 g/mol. The molecule has 21 heavy (non-hydrogen) atoms. The van der Waals surface area contributed by atoms with Crippen molar-refractivity contribution in [3.05, 3.63) is 22.8 Å². The van der Waals surface area contributed by atoms with Crippen molar-refractivity contribution < 1.29 is 24.1 Å². The van der Waals surface area contributed by atoms with Crippen LogP contribution in [-0.2, 0) is 0 Å². The Morgan fingerprint density at radius 2 is 1.67 bits per heavy atom. The maximum absolute atomic E-state index is 11.3. The molecule has 2 rings (SSSR count). The Balaban J connectivity index is 2.70. The first kappa shape index (κ1) is 15.1. The van der Waals surface area contributed by atoms with Gasteiger partial charge in [-0.3, -0.25) is 0 Å². The number of rotatable bonds is 5. The molecule has 2 aromatic rings. The van der Waals surface area contributed by atoms with Gasteiger partial charge in [-0.25, -0.2) is 9.78 Å². The number of ether oxygens (including phenoxy) is 3. The van der Waals surface area contributed by atoms with Crippen LogP contribution in [0.25, 0.3) is 10.4 Å². The molecule has 0 saturated heterocycles. The van der Waals surface area contributed by atoms with E-state index in [-0.39, 0.29) is 5.69 Å². The lowest BCUT2D eigenvalue weighted by Crippen LogP contribution is -2.00. The number of carbonyl (C=O) groups is 1. The van der Waals surface area contributed by atoms with Crippen LogP contribution >= 0.6 is 11.3 Å². The Labute approximate surface area is 125 Å². The standard InChI is InChI=1S/C14H15NO5S/c1-7-15-12(14(16)17)13(21-7)8-5-10(19-3)11(20-4)6-9(8)18-2/h5-6H,1-4H3,(H,16,17). The second kappa shape index (κ2) is 6.01. The molecule has 0 atom stereocenters. The van der Waals surface area contributed by atoms with Crippen LogP contribution < -0.4 is 14.2 Å². The van der Waals surface area contributed by atoms with E-state index in [0.29, 0.717) is 32.7 Å². The maximum Gasteiger partial charge on any atom is 0.356 e. The number of hydrogen-bond donors (Lipinski definition) is 1. The van der Waals surface area contributed by atoms with E-state index < -0.39 is 5.97 Å². The lowest BCUT2D eigenvalue weighted by Gasteiger charge is -2.13. The van der Waals surface area contributed by atoms with Gasteiger partial charge in [0, 0.05) is 11.6 Å². The smallest absolute Gasteiger partial charge is 0.356 e. The second-order valence-electron chi connectivity index (χ2n) is 4.12. The van der Waals surface area contributed by atoms with E-state index in [1.165, 1.54) is 32.7 Å². The molecule has 0 bridgehead atoms. The molecule has 0 fully saturated rings. The first-order valence-electron chi connectivity index (χ1n) is 6.03. The van der Waals surface area contributed by atoms with Crippen LogP contribution in [0.5, 0.6) is 17.2 Å². The highest BCUT2D eigenvalue weighted by molar-refractivity contribution is 7.15. The monoisotopic (exact) mass is 309 g/mol. The topological polar surface area (TPSA) is 77.9 Å². The van der Waals surface area contributed by atoms with Crippen molar-refractivity contribution >= 4 is 17.3 Å². The maximum atomic E-state index is 11.3. The zero-order chi connectivity index (χ0) is 15.6. The molecule has 1 aromatic carbocycles. The summed E-state index contributed by atoms with van der Waals surface area (Å²) >= 11 is 1.29. The van der Waals surface area contributed by atoms with Gasteiger partial charge in [-0.1, -0.05) is 0 Å². The second-order valence-corrected chi connectivity index (χ2v) is 5.33. The first-order valence-corrected chi connectivity index (χ1v) is 6.84. The number of benzene rings is 1. The highest BCUT2D eigenvalue weighted by atomic mass is 32.1. The molecule has 0 aliphatic rings. The van der Waals surface area contributed by atoms with Gasteiger partial charge < -0.3 is 19.3 Å². The Morgan fingerprint density at radius 3 is 2.19 bits per heavy atom. The zero-order valence-electron chi connectivity index (χ0n) is 12.1. The summed E-state index contributed by atoms with van der Waals surface area (Å²) < 4.78 is 15.8. The molecule has 0 aliphatic carbocycles. The summed E-state index contributed by atoms with van der Waals surface area (Å²) in [7, 11) is 4.56. The van der Waals surface area contributed by atoms with E-state index in [0.717, 1.165) is 0 Å². The number of thiazole rings is 1. The lowest BCUT2D eigenvalue weighted by molar-refractivity contribution is 0.0692. The third-order valence-corrected chi connectivity index (χ3v) is 3.89. The summed E-state index contributed by atoms with van der Waals surface area (Å²) in [6.45, 7) is 1.76. The van der Waals surface area contributed by atoms with E-state index in [2.05, 4.69) is 4.98 Å². The molecule has 112 valence electrons. The molecule has 1 aromatic heterocycles. The molecule has 0 amide bonds. The summed E-state index contributed by atoms with van der Waals surface area (Å²) in [4.78, 5) is 15.9. The van der Waals surface area contributed by atoms with Crippen LogP contribution in [0.2, 0.25) is 0 Å². The van der Waals surface area contributed by atoms with Gasteiger partial charge in [0.05, 0.1) is 31.2 Å². The van der Waals surface area contributed by atoms with E-state index in [9.17, 15) is 9.90 Å². The SMILES string of the molecule is COc1cc(OC)c(-c2sc(C)nc2C(=O)O)cc1OC. The Kier molecular flexibility index (Phi) is 4.32. The number of aryl methyl sites for hydroxylation is 1. The van der Waals surface area contributed by atoms with Gasteiger partial charge in [0.1, 0.15) is 5.75 Å². The van der Waals surface area contributed by atoms with Gasteiger partial charge in [-0.15, -0.1) is 11.3 Å². The van der Waals surface area contributed by atoms with Crippen molar-refractivity contribution in [2.75, 3.05) is 21.3 Å². The number of carboxylic acids is 1. The Hall–Kier alpha value is -2.28. The van der Waals surface area contributed by atoms with E-state index in [1.807, 2.05) is 0 Å². The minimum absolute atomic E-state index is 0.00280. The van der Waals surface area contributed by atoms with Gasteiger partial charge in [0.25, 0.3) is 0 Å². The normalized spacial score (nSPS) is 10.3. The quantitative estimate of drug-likeness (QED) is 0.915. The molecule has 7 heteroatoms. The predicted octanol–water partition coefficient (Wildman–Crippen LogP) is 2.84. The van der Waals surface area contributed by atoms with Gasteiger partial charge in [0.2, 0.25) is 0 Å². The van der Waals surface area contributed by atoms with Crippen LogP contribution in [0.3, 0.4) is 0 Å². The first-order chi connectivity index (χ1) is 10.0. The largest absolute Gasteiger partial charge is 0.496 e. The van der Waals surface area contributed by atoms with Crippen molar-refractivity contribution in [1.29, 1.82) is 0 Å². The van der Waals surface area contributed by atoms with Crippen molar-refractivity contribution in [1.82, 2.24) is 4.98 Å². The van der Waals surface area contributed by atoms with Crippen LogP contribution in [0.15, 0.2) is 12.1 Å². The molecule has 0 unspecified atom stereocenters. The Bertz CT molecular complexity index is 680. The van der Waals surface area contributed by atoms with E-state index in [4.69, 9.17) is 14.2 Å². The van der Waals surface area contributed by atoms with Crippen LogP contribution in [0, 0.1) is 6.92 Å². The predicted molar refractivity (Wildman–Crippen MR) is 78.9 cm³/mol. The number of aromatic nitrogens is 1. The van der Waals surface area contributed by atoms with Crippen LogP contribution in [0.1, 0.15) is 15.5 Å². The average molecular weight is 309 g/mol. The fraction of sp³-hybridized carbons (Fsp3) is 0.286.